The zero-order valence-corrected chi connectivity index (χ0v) is 11.7. The summed E-state index contributed by atoms with van der Waals surface area (Å²) in [5.41, 5.74) is 0.517. The normalized spacial score (nSPS) is 22.3. The fourth-order valence-electron chi connectivity index (χ4n) is 3.04. The van der Waals surface area contributed by atoms with Crippen molar-refractivity contribution in [2.45, 2.75) is 19.3 Å². The first kappa shape index (κ1) is 12.5. The molecule has 0 saturated carbocycles. The van der Waals surface area contributed by atoms with Crippen molar-refractivity contribution in [3.8, 4) is 0 Å². The summed E-state index contributed by atoms with van der Waals surface area (Å²) in [7, 11) is 1.86. The molecule has 0 bridgehead atoms. The van der Waals surface area contributed by atoms with E-state index in [1.165, 1.54) is 11.5 Å². The number of hydrogen-bond donors (Lipinski definition) is 0. The van der Waals surface area contributed by atoms with E-state index in [0.717, 1.165) is 19.4 Å². The highest BCUT2D eigenvalue weighted by atomic mass is 32.1. The number of hydrogen-bond acceptors (Lipinski definition) is 5. The Hall–Kier alpha value is -1.50. The number of likely N-dealkylation sites (tertiary alicyclic amines) is 2. The fraction of sp³-hybridized carbons (Fsp3) is 0.667. The summed E-state index contributed by atoms with van der Waals surface area (Å²) in [5, 5.41) is 5.50. The molecule has 0 aliphatic carbocycles. The number of piperidine rings is 1. The Labute approximate surface area is 115 Å². The zero-order valence-electron chi connectivity index (χ0n) is 10.8. The maximum atomic E-state index is 12.1. The Morgan fingerprint density at radius 2 is 2.16 bits per heavy atom. The molecule has 2 aliphatic rings. The van der Waals surface area contributed by atoms with Gasteiger partial charge in [0.2, 0.25) is 5.91 Å². The average Bonchev–Trinajstić information content (AvgIpc) is 3.00. The third kappa shape index (κ3) is 2.22. The molecular formula is C12H16N4O2S. The van der Waals surface area contributed by atoms with Crippen LogP contribution in [-0.4, -0.2) is 57.9 Å². The lowest BCUT2D eigenvalue weighted by atomic mass is 9.77. The lowest BCUT2D eigenvalue weighted by Gasteiger charge is -2.38. The monoisotopic (exact) mass is 280 g/mol. The summed E-state index contributed by atoms with van der Waals surface area (Å²) in [6.45, 7) is 2.24. The molecule has 0 radical (unpaired) electrons. The van der Waals surface area contributed by atoms with Crippen LogP contribution in [0, 0.1) is 5.41 Å². The van der Waals surface area contributed by atoms with Gasteiger partial charge < -0.3 is 9.80 Å². The van der Waals surface area contributed by atoms with Gasteiger partial charge in [-0.1, -0.05) is 4.49 Å². The Balaban J connectivity index is 1.64. The van der Waals surface area contributed by atoms with Crippen molar-refractivity contribution in [3.63, 3.8) is 0 Å². The van der Waals surface area contributed by atoms with Crippen LogP contribution >= 0.6 is 11.5 Å². The van der Waals surface area contributed by atoms with Gasteiger partial charge in [0.1, 0.15) is 0 Å². The molecule has 0 unspecified atom stereocenters. The maximum absolute atomic E-state index is 12.1. The minimum Gasteiger partial charge on any atom is -0.345 e. The molecule has 7 heteroatoms. The molecule has 3 rings (SSSR count). The van der Waals surface area contributed by atoms with Crippen molar-refractivity contribution in [1.82, 2.24) is 19.4 Å². The molecule has 0 N–H and O–H groups in total. The molecule has 2 saturated heterocycles. The second-order valence-electron chi connectivity index (χ2n) is 5.51. The minimum atomic E-state index is -0.0405. The van der Waals surface area contributed by atoms with Crippen molar-refractivity contribution in [2.24, 2.45) is 5.41 Å². The van der Waals surface area contributed by atoms with Crippen LogP contribution in [0.25, 0.3) is 0 Å². The first-order valence-electron chi connectivity index (χ1n) is 6.40. The smallest absolute Gasteiger partial charge is 0.275 e. The molecule has 0 aromatic carbocycles. The van der Waals surface area contributed by atoms with Crippen molar-refractivity contribution in [2.75, 3.05) is 26.7 Å². The number of carbonyl (C=O) groups is 2. The van der Waals surface area contributed by atoms with Crippen molar-refractivity contribution < 1.29 is 9.59 Å². The van der Waals surface area contributed by atoms with E-state index in [9.17, 15) is 9.59 Å². The van der Waals surface area contributed by atoms with E-state index in [-0.39, 0.29) is 17.2 Å². The molecule has 1 spiro atoms. The van der Waals surface area contributed by atoms with E-state index < -0.39 is 0 Å². The van der Waals surface area contributed by atoms with Crippen LogP contribution in [0.5, 0.6) is 0 Å². The molecule has 2 fully saturated rings. The second kappa shape index (κ2) is 4.56. The van der Waals surface area contributed by atoms with E-state index in [2.05, 4.69) is 9.59 Å². The summed E-state index contributed by atoms with van der Waals surface area (Å²) in [5.74, 6) is 0.185. The van der Waals surface area contributed by atoms with Gasteiger partial charge in [-0.15, -0.1) is 5.10 Å². The summed E-state index contributed by atoms with van der Waals surface area (Å²) >= 11 is 1.19. The van der Waals surface area contributed by atoms with Crippen molar-refractivity contribution in [3.05, 3.63) is 11.1 Å². The number of rotatable bonds is 1. The summed E-state index contributed by atoms with van der Waals surface area (Å²) < 4.78 is 3.72. The number of amides is 2. The van der Waals surface area contributed by atoms with Crippen LogP contribution in [-0.2, 0) is 4.79 Å². The first-order chi connectivity index (χ1) is 9.10. The Morgan fingerprint density at radius 3 is 2.68 bits per heavy atom. The van der Waals surface area contributed by atoms with Crippen LogP contribution in [0.1, 0.15) is 29.8 Å². The van der Waals surface area contributed by atoms with Gasteiger partial charge in [0.05, 0.1) is 0 Å². The molecule has 102 valence electrons. The highest BCUT2D eigenvalue weighted by Crippen LogP contribution is 2.40. The predicted octanol–water partition coefficient (Wildman–Crippen LogP) is 0.623. The molecule has 6 nitrogen and oxygen atoms in total. The van der Waals surface area contributed by atoms with E-state index in [4.69, 9.17) is 0 Å². The molecule has 2 amide bonds. The fourth-order valence-corrected chi connectivity index (χ4v) is 3.47. The highest BCUT2D eigenvalue weighted by molar-refractivity contribution is 7.03. The molecule has 1 aromatic rings. The third-order valence-electron chi connectivity index (χ3n) is 4.22. The van der Waals surface area contributed by atoms with Crippen LogP contribution in [0.2, 0.25) is 0 Å². The Bertz CT molecular complexity index is 494. The van der Waals surface area contributed by atoms with Gasteiger partial charge in [-0.2, -0.15) is 0 Å². The largest absolute Gasteiger partial charge is 0.345 e. The van der Waals surface area contributed by atoms with E-state index in [1.807, 2.05) is 16.8 Å². The average molecular weight is 280 g/mol. The molecule has 19 heavy (non-hydrogen) atoms. The van der Waals surface area contributed by atoms with E-state index in [0.29, 0.717) is 25.2 Å². The lowest BCUT2D eigenvalue weighted by Crippen LogP contribution is -2.44. The quantitative estimate of drug-likeness (QED) is 0.756. The minimum absolute atomic E-state index is 0.0405. The Morgan fingerprint density at radius 1 is 1.42 bits per heavy atom. The van der Waals surface area contributed by atoms with Crippen LogP contribution < -0.4 is 0 Å². The SMILES string of the molecule is CN1CC2(CCN(C(=O)c3csnn3)CC2)CC1=O. The number of carbonyl (C=O) groups excluding carboxylic acids is 2. The van der Waals surface area contributed by atoms with Gasteiger partial charge >= 0.3 is 0 Å². The van der Waals surface area contributed by atoms with Gasteiger partial charge in [-0.05, 0) is 24.4 Å². The van der Waals surface area contributed by atoms with Crippen molar-refractivity contribution in [1.29, 1.82) is 0 Å². The topological polar surface area (TPSA) is 66.4 Å². The van der Waals surface area contributed by atoms with Gasteiger partial charge in [0.15, 0.2) is 5.69 Å². The van der Waals surface area contributed by atoms with Crippen LogP contribution in [0.3, 0.4) is 0 Å². The van der Waals surface area contributed by atoms with E-state index in [1.54, 1.807) is 5.38 Å². The predicted molar refractivity (Wildman–Crippen MR) is 69.7 cm³/mol. The van der Waals surface area contributed by atoms with Gasteiger partial charge in [-0.25, -0.2) is 0 Å². The molecule has 2 aliphatic heterocycles. The highest BCUT2D eigenvalue weighted by Gasteiger charge is 2.44. The third-order valence-corrected chi connectivity index (χ3v) is 4.72. The van der Waals surface area contributed by atoms with Crippen LogP contribution in [0.15, 0.2) is 5.38 Å². The summed E-state index contributed by atoms with van der Waals surface area (Å²) in [6, 6.07) is 0. The summed E-state index contributed by atoms with van der Waals surface area (Å²) in [4.78, 5) is 27.5. The number of aromatic nitrogens is 2. The van der Waals surface area contributed by atoms with Gasteiger partial charge in [0.25, 0.3) is 5.91 Å². The van der Waals surface area contributed by atoms with Crippen molar-refractivity contribution >= 4 is 23.3 Å². The van der Waals surface area contributed by atoms with E-state index >= 15 is 0 Å². The molecule has 1 aromatic heterocycles. The Kier molecular flexibility index (Phi) is 3.00. The zero-order chi connectivity index (χ0) is 13.5. The number of nitrogens with zero attached hydrogens (tertiary/aromatic N) is 4. The summed E-state index contributed by atoms with van der Waals surface area (Å²) in [6.07, 6.45) is 2.42. The first-order valence-corrected chi connectivity index (χ1v) is 7.24. The van der Waals surface area contributed by atoms with Gasteiger partial charge in [-0.3, -0.25) is 9.59 Å². The lowest BCUT2D eigenvalue weighted by molar-refractivity contribution is -0.126. The molecular weight excluding hydrogens is 264 g/mol. The molecule has 3 heterocycles. The van der Waals surface area contributed by atoms with Crippen LogP contribution in [0.4, 0.5) is 0 Å². The standard InChI is InChI=1S/C12H16N4O2S/c1-15-8-12(6-10(15)17)2-4-16(5-3-12)11(18)9-7-19-14-13-9/h7H,2-6,8H2,1H3. The second-order valence-corrected chi connectivity index (χ2v) is 6.12. The molecule has 0 atom stereocenters. The maximum Gasteiger partial charge on any atom is 0.275 e. The van der Waals surface area contributed by atoms with Gasteiger partial charge in [0, 0.05) is 43.9 Å².